The predicted octanol–water partition coefficient (Wildman–Crippen LogP) is 1.61. The third-order valence-corrected chi connectivity index (χ3v) is 5.40. The molecule has 3 nitrogen and oxygen atoms in total. The van der Waals surface area contributed by atoms with E-state index >= 15 is 0 Å². The van der Waals surface area contributed by atoms with Crippen LogP contribution >= 0.6 is 0 Å². The fourth-order valence-corrected chi connectivity index (χ4v) is 2.99. The predicted molar refractivity (Wildman–Crippen MR) is 75.9 cm³/mol. The molecule has 1 heterocycles. The van der Waals surface area contributed by atoms with Crippen molar-refractivity contribution in [2.45, 2.75) is 50.8 Å². The molecule has 17 heavy (non-hydrogen) atoms. The summed E-state index contributed by atoms with van der Waals surface area (Å²) in [5.41, 5.74) is 0.269. The molecule has 1 saturated heterocycles. The molecule has 0 aromatic carbocycles. The van der Waals surface area contributed by atoms with E-state index in [0.29, 0.717) is 0 Å². The molecule has 0 amide bonds. The first-order valence-electron chi connectivity index (χ1n) is 6.82. The zero-order chi connectivity index (χ0) is 12.9. The molecule has 1 rings (SSSR count). The summed E-state index contributed by atoms with van der Waals surface area (Å²) >= 11 is 0. The Morgan fingerprint density at radius 3 is 2.59 bits per heavy atom. The fraction of sp³-hybridized carbons (Fsp3) is 1.00. The smallest absolute Gasteiger partial charge is 0.0444 e. The van der Waals surface area contributed by atoms with Gasteiger partial charge in [-0.05, 0) is 39.3 Å². The Labute approximate surface area is 109 Å². The molecule has 4 heteroatoms. The van der Waals surface area contributed by atoms with Gasteiger partial charge >= 0.3 is 0 Å². The van der Waals surface area contributed by atoms with E-state index in [2.05, 4.69) is 31.0 Å². The number of rotatable bonds is 5. The molecule has 1 aliphatic rings. The number of hydrogen-bond acceptors (Lipinski definition) is 3. The van der Waals surface area contributed by atoms with E-state index in [4.69, 9.17) is 0 Å². The van der Waals surface area contributed by atoms with Crippen LogP contribution in [0.5, 0.6) is 0 Å². The van der Waals surface area contributed by atoms with Crippen molar-refractivity contribution in [3.63, 3.8) is 0 Å². The fourth-order valence-electron chi connectivity index (χ4n) is 2.57. The summed E-state index contributed by atoms with van der Waals surface area (Å²) in [7, 11) is -0.708. The van der Waals surface area contributed by atoms with Crippen LogP contribution in [-0.4, -0.2) is 52.3 Å². The maximum absolute atomic E-state index is 11.5. The molecule has 1 N–H and O–H groups in total. The minimum Gasteiger partial charge on any atom is -0.310 e. The first kappa shape index (κ1) is 15.1. The van der Waals surface area contributed by atoms with Gasteiger partial charge in [0.2, 0.25) is 0 Å². The molecule has 2 atom stereocenters. The maximum Gasteiger partial charge on any atom is 0.0444 e. The van der Waals surface area contributed by atoms with Crippen LogP contribution in [0.2, 0.25) is 0 Å². The Bertz CT molecular complexity index is 254. The third-order valence-electron chi connectivity index (χ3n) is 4.11. The number of nitrogens with one attached hydrogen (secondary N) is 1. The second-order valence-corrected chi connectivity index (χ2v) is 7.11. The lowest BCUT2D eigenvalue weighted by Crippen LogP contribution is -2.51. The van der Waals surface area contributed by atoms with Crippen molar-refractivity contribution < 1.29 is 4.21 Å². The molecule has 2 unspecified atom stereocenters. The monoisotopic (exact) mass is 260 g/mol. The van der Waals surface area contributed by atoms with Crippen molar-refractivity contribution in [1.29, 1.82) is 0 Å². The Morgan fingerprint density at radius 1 is 1.41 bits per heavy atom. The van der Waals surface area contributed by atoms with E-state index in [9.17, 15) is 4.21 Å². The quantitative estimate of drug-likeness (QED) is 0.815. The normalized spacial score (nSPS) is 25.2. The number of hydrogen-bond donors (Lipinski definition) is 1. The SMILES string of the molecule is CCC1(CC)CN(CC(C)S(C)=O)CCCN1. The minimum atomic E-state index is -0.708. The zero-order valence-electron chi connectivity index (χ0n) is 11.8. The van der Waals surface area contributed by atoms with Crippen molar-refractivity contribution in [2.24, 2.45) is 0 Å². The van der Waals surface area contributed by atoms with Gasteiger partial charge in [0.25, 0.3) is 0 Å². The molecular formula is C13H28N2OS. The molecule has 0 saturated carbocycles. The van der Waals surface area contributed by atoms with Crippen molar-refractivity contribution in [2.75, 3.05) is 32.4 Å². The van der Waals surface area contributed by atoms with Gasteiger partial charge in [0, 0.05) is 40.9 Å². The van der Waals surface area contributed by atoms with Crippen LogP contribution in [-0.2, 0) is 10.8 Å². The topological polar surface area (TPSA) is 32.3 Å². The Kier molecular flexibility index (Phi) is 6.10. The first-order chi connectivity index (χ1) is 8.03. The van der Waals surface area contributed by atoms with Crippen LogP contribution in [0.3, 0.4) is 0 Å². The van der Waals surface area contributed by atoms with Gasteiger partial charge in [-0.1, -0.05) is 13.8 Å². The highest BCUT2D eigenvalue weighted by Crippen LogP contribution is 2.20. The highest BCUT2D eigenvalue weighted by Gasteiger charge is 2.30. The molecule has 1 fully saturated rings. The summed E-state index contributed by atoms with van der Waals surface area (Å²) in [6, 6.07) is 0. The largest absolute Gasteiger partial charge is 0.310 e. The van der Waals surface area contributed by atoms with Gasteiger partial charge in [0.15, 0.2) is 0 Å². The Hall–Kier alpha value is 0.0700. The second kappa shape index (κ2) is 6.86. The molecule has 0 aromatic rings. The van der Waals surface area contributed by atoms with Crippen LogP contribution in [0.1, 0.15) is 40.0 Å². The zero-order valence-corrected chi connectivity index (χ0v) is 12.6. The average Bonchev–Trinajstić information content (AvgIpc) is 2.52. The van der Waals surface area contributed by atoms with E-state index in [-0.39, 0.29) is 10.8 Å². The summed E-state index contributed by atoms with van der Waals surface area (Å²) in [5.74, 6) is 0. The lowest BCUT2D eigenvalue weighted by atomic mass is 9.92. The average molecular weight is 260 g/mol. The first-order valence-corrected chi connectivity index (χ1v) is 8.44. The van der Waals surface area contributed by atoms with Crippen LogP contribution in [0, 0.1) is 0 Å². The second-order valence-electron chi connectivity index (χ2n) is 5.31. The van der Waals surface area contributed by atoms with Gasteiger partial charge in [0.05, 0.1) is 0 Å². The summed E-state index contributed by atoms with van der Waals surface area (Å²) in [5, 5.41) is 3.99. The van der Waals surface area contributed by atoms with Crippen LogP contribution in [0.15, 0.2) is 0 Å². The van der Waals surface area contributed by atoms with E-state index in [1.807, 2.05) is 6.26 Å². The lowest BCUT2D eigenvalue weighted by Gasteiger charge is -2.36. The van der Waals surface area contributed by atoms with Crippen molar-refractivity contribution in [3.8, 4) is 0 Å². The molecule has 0 radical (unpaired) electrons. The highest BCUT2D eigenvalue weighted by atomic mass is 32.2. The van der Waals surface area contributed by atoms with E-state index < -0.39 is 10.8 Å². The van der Waals surface area contributed by atoms with Gasteiger partial charge in [-0.3, -0.25) is 4.21 Å². The molecular weight excluding hydrogens is 232 g/mol. The molecule has 0 aliphatic carbocycles. The molecule has 0 bridgehead atoms. The van der Waals surface area contributed by atoms with Crippen molar-refractivity contribution >= 4 is 10.8 Å². The van der Waals surface area contributed by atoms with Gasteiger partial charge in [-0.2, -0.15) is 0 Å². The molecule has 102 valence electrons. The van der Waals surface area contributed by atoms with Gasteiger partial charge in [-0.15, -0.1) is 0 Å². The Balaban J connectivity index is 2.62. The molecule has 1 aliphatic heterocycles. The minimum absolute atomic E-state index is 0.269. The van der Waals surface area contributed by atoms with E-state index in [1.165, 1.54) is 19.3 Å². The van der Waals surface area contributed by atoms with Crippen LogP contribution in [0.4, 0.5) is 0 Å². The number of nitrogens with zero attached hydrogens (tertiary/aromatic N) is 1. The third kappa shape index (κ3) is 4.34. The van der Waals surface area contributed by atoms with Gasteiger partial charge < -0.3 is 10.2 Å². The van der Waals surface area contributed by atoms with E-state index in [0.717, 1.165) is 26.2 Å². The summed E-state index contributed by atoms with van der Waals surface area (Å²) in [6.07, 6.45) is 5.35. The van der Waals surface area contributed by atoms with Crippen molar-refractivity contribution in [3.05, 3.63) is 0 Å². The summed E-state index contributed by atoms with van der Waals surface area (Å²) < 4.78 is 11.5. The summed E-state index contributed by atoms with van der Waals surface area (Å²) in [4.78, 5) is 2.50. The van der Waals surface area contributed by atoms with Crippen molar-refractivity contribution in [1.82, 2.24) is 10.2 Å². The lowest BCUT2D eigenvalue weighted by molar-refractivity contribution is 0.198. The summed E-state index contributed by atoms with van der Waals surface area (Å²) in [6.45, 7) is 10.9. The Morgan fingerprint density at radius 2 is 2.06 bits per heavy atom. The maximum atomic E-state index is 11.5. The standard InChI is InChI=1S/C13H28N2OS/c1-5-13(6-2)11-15(9-7-8-14-13)10-12(3)17(4)16/h12,14H,5-11H2,1-4H3. The highest BCUT2D eigenvalue weighted by molar-refractivity contribution is 7.84. The van der Waals surface area contributed by atoms with Gasteiger partial charge in [0.1, 0.15) is 0 Å². The van der Waals surface area contributed by atoms with Gasteiger partial charge in [-0.25, -0.2) is 0 Å². The molecule has 0 aromatic heterocycles. The van der Waals surface area contributed by atoms with E-state index in [1.54, 1.807) is 0 Å². The molecule has 0 spiro atoms. The van der Waals surface area contributed by atoms with Crippen LogP contribution in [0.25, 0.3) is 0 Å². The van der Waals surface area contributed by atoms with Crippen LogP contribution < -0.4 is 5.32 Å².